The number of rotatable bonds is 3. The van der Waals surface area contributed by atoms with Crippen molar-refractivity contribution in [3.63, 3.8) is 0 Å². The lowest BCUT2D eigenvalue weighted by Crippen LogP contribution is -2.51. The Hall–Kier alpha value is -1.25. The van der Waals surface area contributed by atoms with E-state index in [1.165, 1.54) is 4.88 Å². The summed E-state index contributed by atoms with van der Waals surface area (Å²) in [5.41, 5.74) is 0. The molecule has 0 radical (unpaired) electrons. The first-order chi connectivity index (χ1) is 10.3. The maximum absolute atomic E-state index is 5.36. The summed E-state index contributed by atoms with van der Waals surface area (Å²) in [4.78, 5) is 5.70. The number of thiophene rings is 1. The maximum atomic E-state index is 5.36. The van der Waals surface area contributed by atoms with Gasteiger partial charge in [0.2, 0.25) is 5.13 Å². The zero-order valence-electron chi connectivity index (χ0n) is 11.8. The van der Waals surface area contributed by atoms with E-state index in [-0.39, 0.29) is 0 Å². The summed E-state index contributed by atoms with van der Waals surface area (Å²) in [7, 11) is 0. The average molecular weight is 340 g/mol. The first kappa shape index (κ1) is 14.7. The van der Waals surface area contributed by atoms with Gasteiger partial charge in [-0.2, -0.15) is 0 Å². The zero-order valence-corrected chi connectivity index (χ0v) is 14.2. The van der Waals surface area contributed by atoms with Crippen molar-refractivity contribution in [2.75, 3.05) is 37.6 Å². The van der Waals surface area contributed by atoms with E-state index in [1.807, 2.05) is 6.07 Å². The fraction of sp³-hybridized carbons (Fsp3) is 0.462. The van der Waals surface area contributed by atoms with E-state index in [0.717, 1.165) is 48.0 Å². The van der Waals surface area contributed by atoms with Crippen LogP contribution in [0.25, 0.3) is 9.88 Å². The van der Waals surface area contributed by atoms with Gasteiger partial charge in [0.1, 0.15) is 0 Å². The van der Waals surface area contributed by atoms with E-state index < -0.39 is 0 Å². The molecule has 8 heteroatoms. The second kappa shape index (κ2) is 6.67. The van der Waals surface area contributed by atoms with Gasteiger partial charge in [-0.15, -0.1) is 21.5 Å². The van der Waals surface area contributed by atoms with Crippen LogP contribution in [0, 0.1) is 0 Å². The third-order valence-corrected chi connectivity index (χ3v) is 5.74. The van der Waals surface area contributed by atoms with E-state index in [9.17, 15) is 0 Å². The van der Waals surface area contributed by atoms with Crippen molar-refractivity contribution in [3.05, 3.63) is 17.5 Å². The average Bonchev–Trinajstić information content (AvgIpc) is 3.19. The SMILES string of the molecule is CCNC(=S)N1CCN(c2nnc(-c3cccs3)s2)CC1. The van der Waals surface area contributed by atoms with Gasteiger partial charge in [-0.25, -0.2) is 0 Å². The quantitative estimate of drug-likeness (QED) is 0.866. The molecule has 5 nitrogen and oxygen atoms in total. The fourth-order valence-corrected chi connectivity index (χ4v) is 4.22. The molecule has 21 heavy (non-hydrogen) atoms. The molecule has 3 rings (SSSR count). The van der Waals surface area contributed by atoms with E-state index in [4.69, 9.17) is 12.2 Å². The molecule has 0 aliphatic carbocycles. The van der Waals surface area contributed by atoms with Crippen LogP contribution in [-0.2, 0) is 0 Å². The highest BCUT2D eigenvalue weighted by atomic mass is 32.1. The predicted octanol–water partition coefficient (Wildman–Crippen LogP) is 2.28. The van der Waals surface area contributed by atoms with Crippen LogP contribution in [0.5, 0.6) is 0 Å². The maximum Gasteiger partial charge on any atom is 0.208 e. The number of anilines is 1. The minimum absolute atomic E-state index is 0.855. The van der Waals surface area contributed by atoms with Gasteiger partial charge in [-0.1, -0.05) is 17.4 Å². The van der Waals surface area contributed by atoms with Crippen LogP contribution >= 0.6 is 34.9 Å². The summed E-state index contributed by atoms with van der Waals surface area (Å²) in [6, 6.07) is 4.13. The first-order valence-electron chi connectivity index (χ1n) is 6.93. The molecule has 0 atom stereocenters. The van der Waals surface area contributed by atoms with Crippen molar-refractivity contribution < 1.29 is 0 Å². The molecule has 2 aromatic heterocycles. The van der Waals surface area contributed by atoms with Gasteiger partial charge in [-0.3, -0.25) is 0 Å². The molecule has 112 valence electrons. The van der Waals surface area contributed by atoms with Crippen molar-refractivity contribution in [2.24, 2.45) is 0 Å². The summed E-state index contributed by atoms with van der Waals surface area (Å²) < 4.78 is 0. The molecule has 0 aromatic carbocycles. The van der Waals surface area contributed by atoms with Crippen LogP contribution in [0.3, 0.4) is 0 Å². The smallest absolute Gasteiger partial charge is 0.208 e. The Kier molecular flexibility index (Phi) is 4.67. The molecule has 1 fully saturated rings. The fourth-order valence-electron chi connectivity index (χ4n) is 2.21. The van der Waals surface area contributed by atoms with Crippen molar-refractivity contribution in [3.8, 4) is 9.88 Å². The number of hydrogen-bond acceptors (Lipinski definition) is 6. The zero-order chi connectivity index (χ0) is 14.7. The summed E-state index contributed by atoms with van der Waals surface area (Å²) in [5, 5.41) is 16.8. The highest BCUT2D eigenvalue weighted by molar-refractivity contribution is 7.80. The molecule has 0 amide bonds. The molecule has 3 heterocycles. The van der Waals surface area contributed by atoms with Gasteiger partial charge in [-0.05, 0) is 30.6 Å². The first-order valence-corrected chi connectivity index (χ1v) is 9.03. The van der Waals surface area contributed by atoms with Gasteiger partial charge in [0.05, 0.1) is 4.88 Å². The van der Waals surface area contributed by atoms with Gasteiger partial charge in [0.15, 0.2) is 10.1 Å². The second-order valence-corrected chi connectivity index (χ2v) is 6.97. The molecule has 0 saturated carbocycles. The molecule has 1 saturated heterocycles. The van der Waals surface area contributed by atoms with Crippen LogP contribution < -0.4 is 10.2 Å². The van der Waals surface area contributed by atoms with Crippen molar-refractivity contribution >= 4 is 45.1 Å². The Morgan fingerprint density at radius 2 is 2.14 bits per heavy atom. The topological polar surface area (TPSA) is 44.3 Å². The minimum atomic E-state index is 0.855. The molecular weight excluding hydrogens is 322 g/mol. The van der Waals surface area contributed by atoms with Gasteiger partial charge in [0.25, 0.3) is 0 Å². The van der Waals surface area contributed by atoms with Crippen molar-refractivity contribution in [1.29, 1.82) is 0 Å². The Balaban J connectivity index is 1.61. The lowest BCUT2D eigenvalue weighted by molar-refractivity contribution is 0.380. The lowest BCUT2D eigenvalue weighted by atomic mass is 10.3. The monoisotopic (exact) mass is 339 g/mol. The minimum Gasteiger partial charge on any atom is -0.363 e. The normalized spacial score (nSPS) is 15.3. The summed E-state index contributed by atoms with van der Waals surface area (Å²) in [6.07, 6.45) is 0. The Morgan fingerprint density at radius 3 is 2.81 bits per heavy atom. The van der Waals surface area contributed by atoms with Crippen LogP contribution in [0.2, 0.25) is 0 Å². The number of nitrogens with one attached hydrogen (secondary N) is 1. The molecule has 1 N–H and O–H groups in total. The highest BCUT2D eigenvalue weighted by Gasteiger charge is 2.21. The molecular formula is C13H17N5S3. The van der Waals surface area contributed by atoms with E-state index in [2.05, 4.69) is 43.7 Å². The number of aromatic nitrogens is 2. The Morgan fingerprint density at radius 1 is 1.33 bits per heavy atom. The van der Waals surface area contributed by atoms with Crippen molar-refractivity contribution in [2.45, 2.75) is 6.92 Å². The summed E-state index contributed by atoms with van der Waals surface area (Å²) in [6.45, 7) is 6.67. The van der Waals surface area contributed by atoms with Crippen LogP contribution in [-0.4, -0.2) is 52.9 Å². The molecule has 1 aliphatic heterocycles. The third-order valence-electron chi connectivity index (χ3n) is 3.31. The number of piperazine rings is 1. The van der Waals surface area contributed by atoms with Crippen molar-refractivity contribution in [1.82, 2.24) is 20.4 Å². The predicted molar refractivity (Wildman–Crippen MR) is 93.3 cm³/mol. The van der Waals surface area contributed by atoms with Crippen LogP contribution in [0.4, 0.5) is 5.13 Å². The Labute approximate surface area is 137 Å². The van der Waals surface area contributed by atoms with Crippen LogP contribution in [0.15, 0.2) is 17.5 Å². The molecule has 2 aromatic rings. The van der Waals surface area contributed by atoms with E-state index in [0.29, 0.717) is 0 Å². The van der Waals surface area contributed by atoms with E-state index >= 15 is 0 Å². The van der Waals surface area contributed by atoms with E-state index in [1.54, 1.807) is 22.7 Å². The standard InChI is InChI=1S/C13H17N5S3/c1-2-14-12(19)17-5-7-18(8-6-17)13-16-15-11(21-13)10-4-3-9-20-10/h3-4,9H,2,5-8H2,1H3,(H,14,19). The summed E-state index contributed by atoms with van der Waals surface area (Å²) in [5.74, 6) is 0. The van der Waals surface area contributed by atoms with Gasteiger partial charge >= 0.3 is 0 Å². The number of nitrogens with zero attached hydrogens (tertiary/aromatic N) is 4. The second-order valence-electron chi connectivity index (χ2n) is 4.68. The molecule has 0 unspecified atom stereocenters. The third kappa shape index (κ3) is 3.33. The highest BCUT2D eigenvalue weighted by Crippen LogP contribution is 2.31. The Bertz CT molecular complexity index is 587. The molecule has 0 bridgehead atoms. The van der Waals surface area contributed by atoms with Crippen LogP contribution in [0.1, 0.15) is 6.92 Å². The molecule has 1 aliphatic rings. The lowest BCUT2D eigenvalue weighted by Gasteiger charge is -2.35. The number of hydrogen-bond donors (Lipinski definition) is 1. The largest absolute Gasteiger partial charge is 0.363 e. The number of thiocarbonyl (C=S) groups is 1. The summed E-state index contributed by atoms with van der Waals surface area (Å²) >= 11 is 8.72. The molecule has 0 spiro atoms. The van der Waals surface area contributed by atoms with Gasteiger partial charge < -0.3 is 15.1 Å². The van der Waals surface area contributed by atoms with Gasteiger partial charge in [0, 0.05) is 32.7 Å².